The predicted molar refractivity (Wildman–Crippen MR) is 74.2 cm³/mol. The number of nitrogens with zero attached hydrogens (tertiary/aromatic N) is 1. The molecule has 1 amide bonds. The van der Waals surface area contributed by atoms with Crippen LogP contribution in [-0.2, 0) is 4.79 Å². The van der Waals surface area contributed by atoms with E-state index in [1.807, 2.05) is 12.1 Å². The maximum Gasteiger partial charge on any atom is 0.267 e. The Kier molecular flexibility index (Phi) is 3.73. The molecular formula is C15H19NO5. The van der Waals surface area contributed by atoms with Crippen molar-refractivity contribution in [3.05, 3.63) is 24.3 Å². The summed E-state index contributed by atoms with van der Waals surface area (Å²) >= 11 is 0. The van der Waals surface area contributed by atoms with E-state index in [0.717, 1.165) is 0 Å². The summed E-state index contributed by atoms with van der Waals surface area (Å²) in [6, 6.07) is 7.26. The van der Waals surface area contributed by atoms with Crippen molar-refractivity contribution in [1.82, 2.24) is 4.90 Å². The van der Waals surface area contributed by atoms with E-state index in [2.05, 4.69) is 0 Å². The van der Waals surface area contributed by atoms with Crippen molar-refractivity contribution in [3.8, 4) is 11.5 Å². The van der Waals surface area contributed by atoms with Crippen LogP contribution in [0.4, 0.5) is 0 Å². The van der Waals surface area contributed by atoms with E-state index in [0.29, 0.717) is 37.4 Å². The zero-order chi connectivity index (χ0) is 14.9. The van der Waals surface area contributed by atoms with Crippen molar-refractivity contribution in [1.29, 1.82) is 0 Å². The molecule has 114 valence electrons. The molecule has 0 bridgehead atoms. The molecule has 1 saturated heterocycles. The number of amides is 1. The molecule has 21 heavy (non-hydrogen) atoms. The number of para-hydroxylation sites is 2. The fourth-order valence-corrected chi connectivity index (χ4v) is 2.65. The van der Waals surface area contributed by atoms with E-state index in [4.69, 9.17) is 14.6 Å². The summed E-state index contributed by atoms with van der Waals surface area (Å²) in [6.07, 6.45) is 0.0962. The molecule has 1 aromatic rings. The van der Waals surface area contributed by atoms with Crippen LogP contribution in [0.3, 0.4) is 0 Å². The molecule has 2 aliphatic rings. The van der Waals surface area contributed by atoms with E-state index in [1.165, 1.54) is 0 Å². The number of benzene rings is 1. The van der Waals surface area contributed by atoms with Gasteiger partial charge in [-0.2, -0.15) is 0 Å². The Labute approximate surface area is 122 Å². The maximum absolute atomic E-state index is 12.4. The van der Waals surface area contributed by atoms with Gasteiger partial charge in [-0.1, -0.05) is 12.1 Å². The molecule has 1 unspecified atom stereocenters. The molecule has 2 heterocycles. The fraction of sp³-hybridized carbons (Fsp3) is 0.533. The summed E-state index contributed by atoms with van der Waals surface area (Å²) in [6.45, 7) is 0.747. The smallest absolute Gasteiger partial charge is 0.267 e. The van der Waals surface area contributed by atoms with Gasteiger partial charge in [0.1, 0.15) is 6.61 Å². The van der Waals surface area contributed by atoms with Gasteiger partial charge in [0, 0.05) is 13.1 Å². The highest BCUT2D eigenvalue weighted by molar-refractivity contribution is 5.82. The topological polar surface area (TPSA) is 79.2 Å². The number of aliphatic hydroxyl groups excluding tert-OH is 1. The molecular weight excluding hydrogens is 274 g/mol. The van der Waals surface area contributed by atoms with Crippen molar-refractivity contribution < 1.29 is 24.5 Å². The average Bonchev–Trinajstić information content (AvgIpc) is 2.54. The van der Waals surface area contributed by atoms with Crippen molar-refractivity contribution >= 4 is 5.91 Å². The quantitative estimate of drug-likeness (QED) is 0.813. The lowest BCUT2D eigenvalue weighted by Gasteiger charge is -2.38. The Bertz CT molecular complexity index is 525. The number of carbonyl (C=O) groups is 1. The zero-order valence-corrected chi connectivity index (χ0v) is 11.7. The van der Waals surface area contributed by atoms with Crippen LogP contribution >= 0.6 is 0 Å². The molecule has 0 aromatic heterocycles. The van der Waals surface area contributed by atoms with Crippen LogP contribution in [0.15, 0.2) is 24.3 Å². The number of rotatable bonds is 2. The molecule has 3 rings (SSSR count). The molecule has 0 aliphatic carbocycles. The highest BCUT2D eigenvalue weighted by atomic mass is 16.6. The molecule has 1 aromatic carbocycles. The van der Waals surface area contributed by atoms with Gasteiger partial charge in [-0.15, -0.1) is 0 Å². The number of carbonyl (C=O) groups excluding carboxylic acids is 1. The molecule has 6 nitrogen and oxygen atoms in total. The van der Waals surface area contributed by atoms with E-state index in [9.17, 15) is 9.90 Å². The number of ether oxygens (including phenoxy) is 2. The largest absolute Gasteiger partial charge is 0.485 e. The van der Waals surface area contributed by atoms with Crippen LogP contribution < -0.4 is 9.47 Å². The van der Waals surface area contributed by atoms with E-state index >= 15 is 0 Å². The van der Waals surface area contributed by atoms with E-state index in [-0.39, 0.29) is 19.1 Å². The number of hydrogen-bond donors (Lipinski definition) is 2. The summed E-state index contributed by atoms with van der Waals surface area (Å²) in [7, 11) is 0. The predicted octanol–water partition coefficient (Wildman–Crippen LogP) is 0.172. The van der Waals surface area contributed by atoms with Gasteiger partial charge in [0.15, 0.2) is 11.5 Å². The first-order valence-electron chi connectivity index (χ1n) is 7.12. The lowest BCUT2D eigenvalue weighted by molar-refractivity contribution is -0.146. The second kappa shape index (κ2) is 5.54. The Morgan fingerprint density at radius 3 is 2.62 bits per heavy atom. The van der Waals surface area contributed by atoms with Crippen LogP contribution in [-0.4, -0.2) is 59.0 Å². The monoisotopic (exact) mass is 293 g/mol. The summed E-state index contributed by atoms with van der Waals surface area (Å²) in [5.74, 6) is 1.09. The molecule has 0 saturated carbocycles. The standard InChI is InChI=1S/C15H19NO5/c17-10-15(19)5-7-16(8-6-15)14(18)13-9-20-11-3-1-2-4-12(11)21-13/h1-4,13,17,19H,5-10H2. The minimum absolute atomic E-state index is 0.135. The van der Waals surface area contributed by atoms with E-state index < -0.39 is 11.7 Å². The van der Waals surface area contributed by atoms with Gasteiger partial charge in [-0.3, -0.25) is 4.79 Å². The third kappa shape index (κ3) is 2.82. The number of fused-ring (bicyclic) bond motifs is 1. The van der Waals surface area contributed by atoms with Crippen LogP contribution in [0.25, 0.3) is 0 Å². The second-order valence-corrected chi connectivity index (χ2v) is 5.57. The van der Waals surface area contributed by atoms with Gasteiger partial charge >= 0.3 is 0 Å². The molecule has 0 radical (unpaired) electrons. The molecule has 1 atom stereocenters. The molecule has 6 heteroatoms. The summed E-state index contributed by atoms with van der Waals surface area (Å²) in [5, 5.41) is 19.1. The van der Waals surface area contributed by atoms with Crippen molar-refractivity contribution in [3.63, 3.8) is 0 Å². The van der Waals surface area contributed by atoms with Gasteiger partial charge in [0.25, 0.3) is 5.91 Å². The second-order valence-electron chi connectivity index (χ2n) is 5.57. The first-order chi connectivity index (χ1) is 10.1. The summed E-state index contributed by atoms with van der Waals surface area (Å²) in [5.41, 5.74) is -1.06. The summed E-state index contributed by atoms with van der Waals surface area (Å²) < 4.78 is 11.2. The molecule has 0 spiro atoms. The Morgan fingerprint density at radius 2 is 1.95 bits per heavy atom. The van der Waals surface area contributed by atoms with E-state index in [1.54, 1.807) is 17.0 Å². The number of aliphatic hydroxyl groups is 2. The minimum atomic E-state index is -1.06. The average molecular weight is 293 g/mol. The summed E-state index contributed by atoms with van der Waals surface area (Å²) in [4.78, 5) is 14.1. The van der Waals surface area contributed by atoms with Crippen LogP contribution in [0.2, 0.25) is 0 Å². The normalized spacial score (nSPS) is 23.7. The number of piperidine rings is 1. The highest BCUT2D eigenvalue weighted by Crippen LogP contribution is 2.31. The number of likely N-dealkylation sites (tertiary alicyclic amines) is 1. The fourth-order valence-electron chi connectivity index (χ4n) is 2.65. The third-order valence-electron chi connectivity index (χ3n) is 4.08. The van der Waals surface area contributed by atoms with Crippen LogP contribution in [0.5, 0.6) is 11.5 Å². The SMILES string of the molecule is O=C(C1COc2ccccc2O1)N1CCC(O)(CO)CC1. The zero-order valence-electron chi connectivity index (χ0n) is 11.7. The molecule has 1 fully saturated rings. The first kappa shape index (κ1) is 14.2. The minimum Gasteiger partial charge on any atom is -0.485 e. The van der Waals surface area contributed by atoms with Crippen molar-refractivity contribution in [2.45, 2.75) is 24.5 Å². The van der Waals surface area contributed by atoms with Crippen molar-refractivity contribution in [2.75, 3.05) is 26.3 Å². The van der Waals surface area contributed by atoms with Gasteiger partial charge in [-0.05, 0) is 25.0 Å². The lowest BCUT2D eigenvalue weighted by Crippen LogP contribution is -2.53. The molecule has 2 N–H and O–H groups in total. The van der Waals surface area contributed by atoms with Gasteiger partial charge in [0.2, 0.25) is 6.10 Å². The van der Waals surface area contributed by atoms with Crippen LogP contribution in [0, 0.1) is 0 Å². The van der Waals surface area contributed by atoms with Gasteiger partial charge in [0.05, 0.1) is 12.2 Å². The maximum atomic E-state index is 12.4. The van der Waals surface area contributed by atoms with Gasteiger partial charge in [-0.25, -0.2) is 0 Å². The lowest BCUT2D eigenvalue weighted by atomic mass is 9.92. The third-order valence-corrected chi connectivity index (χ3v) is 4.08. The highest BCUT2D eigenvalue weighted by Gasteiger charge is 2.37. The first-order valence-corrected chi connectivity index (χ1v) is 7.12. The van der Waals surface area contributed by atoms with Crippen LogP contribution in [0.1, 0.15) is 12.8 Å². The van der Waals surface area contributed by atoms with Crippen molar-refractivity contribution in [2.24, 2.45) is 0 Å². The molecule has 2 aliphatic heterocycles. The number of hydrogen-bond acceptors (Lipinski definition) is 5. The Morgan fingerprint density at radius 1 is 1.29 bits per heavy atom. The Hall–Kier alpha value is -1.79. The Balaban J connectivity index is 1.63. The van der Waals surface area contributed by atoms with Gasteiger partial charge < -0.3 is 24.6 Å².